The van der Waals surface area contributed by atoms with Crippen LogP contribution in [0.15, 0.2) is 48.5 Å². The van der Waals surface area contributed by atoms with Crippen LogP contribution in [0.3, 0.4) is 0 Å². The number of carbonyl (C=O) groups excluding carboxylic acids is 1. The van der Waals surface area contributed by atoms with E-state index in [1.807, 2.05) is 61.5 Å². The molecule has 0 radical (unpaired) electrons. The number of hydrogen-bond donors (Lipinski definition) is 3. The highest BCUT2D eigenvalue weighted by molar-refractivity contribution is 5.94. The van der Waals surface area contributed by atoms with E-state index in [2.05, 4.69) is 15.2 Å². The second-order valence-corrected chi connectivity index (χ2v) is 8.88. The molecular weight excluding hydrogens is 430 g/mol. The largest absolute Gasteiger partial charge is 0.492 e. The number of hydrogen-bond acceptors (Lipinski definition) is 6. The van der Waals surface area contributed by atoms with Crippen molar-refractivity contribution >= 4 is 34.2 Å². The molecule has 1 saturated heterocycles. The summed E-state index contributed by atoms with van der Waals surface area (Å²) in [5.41, 5.74) is 4.66. The average Bonchev–Trinajstić information content (AvgIpc) is 3.27. The van der Waals surface area contributed by atoms with E-state index in [1.165, 1.54) is 0 Å². The molecule has 3 aromatic rings. The number of aliphatic hydroxyl groups excluding tert-OH is 1. The van der Waals surface area contributed by atoms with E-state index in [9.17, 15) is 9.90 Å². The Balaban J connectivity index is 1.19. The Morgan fingerprint density at radius 2 is 1.97 bits per heavy atom. The molecule has 2 aromatic carbocycles. The quantitative estimate of drug-likeness (QED) is 0.459. The van der Waals surface area contributed by atoms with E-state index in [-0.39, 0.29) is 11.9 Å². The number of ether oxygens (including phenoxy) is 2. The van der Waals surface area contributed by atoms with Crippen LogP contribution in [-0.2, 0) is 9.53 Å². The predicted molar refractivity (Wildman–Crippen MR) is 134 cm³/mol. The Kier molecular flexibility index (Phi) is 6.56. The maximum atomic E-state index is 11.9. The standard InChI is InChI=1S/C27H31N3O4/c1-2-33-27(32)18-9-11-30(12-10-18)13-14-34-21-7-8-24-20(15-21)17-25(28-24)22-16-19-5-3-4-6-23(19)29-26(22)31/h3-8,15-18,26,28-29,31H,2,9-14H2,1H3. The average molecular weight is 462 g/mol. The zero-order valence-electron chi connectivity index (χ0n) is 19.4. The Labute approximate surface area is 199 Å². The van der Waals surface area contributed by atoms with Gasteiger partial charge in [0.1, 0.15) is 12.4 Å². The summed E-state index contributed by atoms with van der Waals surface area (Å²) in [6, 6.07) is 16.0. The van der Waals surface area contributed by atoms with Gasteiger partial charge >= 0.3 is 5.97 Å². The van der Waals surface area contributed by atoms with Crippen molar-refractivity contribution in [1.29, 1.82) is 0 Å². The van der Waals surface area contributed by atoms with Gasteiger partial charge in [-0.1, -0.05) is 18.2 Å². The number of aliphatic hydroxyl groups is 1. The highest BCUT2D eigenvalue weighted by Gasteiger charge is 2.26. The van der Waals surface area contributed by atoms with Gasteiger partial charge in [0.05, 0.1) is 12.5 Å². The number of aromatic nitrogens is 1. The number of nitrogens with zero attached hydrogens (tertiary/aromatic N) is 1. The fourth-order valence-electron chi connectivity index (χ4n) is 4.75. The van der Waals surface area contributed by atoms with E-state index in [1.54, 1.807) is 0 Å². The van der Waals surface area contributed by atoms with Crippen molar-refractivity contribution in [3.8, 4) is 5.75 Å². The van der Waals surface area contributed by atoms with Gasteiger partial charge in [-0.25, -0.2) is 0 Å². The number of piperidine rings is 1. The molecule has 1 atom stereocenters. The molecule has 2 aliphatic heterocycles. The Bertz CT molecular complexity index is 1190. The van der Waals surface area contributed by atoms with Crippen molar-refractivity contribution in [2.24, 2.45) is 5.92 Å². The Hall–Kier alpha value is -3.29. The second-order valence-electron chi connectivity index (χ2n) is 8.88. The lowest BCUT2D eigenvalue weighted by Crippen LogP contribution is -2.39. The molecule has 1 unspecified atom stereocenters. The van der Waals surface area contributed by atoms with Crippen LogP contribution in [0.1, 0.15) is 31.0 Å². The fourth-order valence-corrected chi connectivity index (χ4v) is 4.75. The number of aromatic amines is 1. The third-order valence-electron chi connectivity index (χ3n) is 6.65. The summed E-state index contributed by atoms with van der Waals surface area (Å²) in [6.07, 6.45) is 2.94. The van der Waals surface area contributed by atoms with Crippen LogP contribution < -0.4 is 10.1 Å². The van der Waals surface area contributed by atoms with E-state index in [4.69, 9.17) is 9.47 Å². The fraction of sp³-hybridized carbons (Fsp3) is 0.370. The van der Waals surface area contributed by atoms with Crippen LogP contribution in [0.5, 0.6) is 5.75 Å². The lowest BCUT2D eigenvalue weighted by Gasteiger charge is -2.30. The van der Waals surface area contributed by atoms with Gasteiger partial charge in [0, 0.05) is 34.4 Å². The van der Waals surface area contributed by atoms with Crippen molar-refractivity contribution in [1.82, 2.24) is 9.88 Å². The summed E-state index contributed by atoms with van der Waals surface area (Å²) in [6.45, 7) is 5.50. The lowest BCUT2D eigenvalue weighted by atomic mass is 9.97. The van der Waals surface area contributed by atoms with Crippen LogP contribution in [-0.4, -0.2) is 60.0 Å². The minimum absolute atomic E-state index is 0.0313. The van der Waals surface area contributed by atoms with E-state index in [0.29, 0.717) is 13.2 Å². The summed E-state index contributed by atoms with van der Waals surface area (Å²) in [5.74, 6) is 0.791. The first kappa shape index (κ1) is 22.5. The van der Waals surface area contributed by atoms with Gasteiger partial charge < -0.3 is 24.9 Å². The molecule has 2 aliphatic rings. The van der Waals surface area contributed by atoms with Gasteiger partial charge in [-0.3, -0.25) is 9.69 Å². The van der Waals surface area contributed by atoms with Crippen molar-refractivity contribution in [2.45, 2.75) is 26.0 Å². The van der Waals surface area contributed by atoms with Gasteiger partial charge in [0.2, 0.25) is 0 Å². The van der Waals surface area contributed by atoms with Crippen LogP contribution >= 0.6 is 0 Å². The topological polar surface area (TPSA) is 86.8 Å². The summed E-state index contributed by atoms with van der Waals surface area (Å²) in [5, 5.41) is 14.8. The van der Waals surface area contributed by atoms with Gasteiger partial charge in [-0.2, -0.15) is 0 Å². The van der Waals surface area contributed by atoms with Crippen molar-refractivity contribution < 1.29 is 19.4 Å². The number of fused-ring (bicyclic) bond motifs is 2. The first-order chi connectivity index (χ1) is 16.6. The van der Waals surface area contributed by atoms with Crippen molar-refractivity contribution in [2.75, 3.05) is 38.2 Å². The molecule has 3 N–H and O–H groups in total. The number of nitrogens with one attached hydrogen (secondary N) is 2. The maximum Gasteiger partial charge on any atom is 0.309 e. The summed E-state index contributed by atoms with van der Waals surface area (Å²) >= 11 is 0. The van der Waals surface area contributed by atoms with Crippen LogP contribution in [0.4, 0.5) is 5.69 Å². The van der Waals surface area contributed by atoms with E-state index in [0.717, 1.165) is 71.6 Å². The van der Waals surface area contributed by atoms with Crippen LogP contribution in [0, 0.1) is 5.92 Å². The zero-order chi connectivity index (χ0) is 23.5. The molecule has 7 heteroatoms. The molecule has 34 heavy (non-hydrogen) atoms. The molecule has 0 amide bonds. The number of rotatable bonds is 7. The summed E-state index contributed by atoms with van der Waals surface area (Å²) in [7, 11) is 0. The lowest BCUT2D eigenvalue weighted by molar-refractivity contribution is -0.149. The van der Waals surface area contributed by atoms with Gasteiger partial charge in [0.15, 0.2) is 6.23 Å². The smallest absolute Gasteiger partial charge is 0.309 e. The van der Waals surface area contributed by atoms with E-state index >= 15 is 0 Å². The number of anilines is 1. The number of para-hydroxylation sites is 1. The summed E-state index contributed by atoms with van der Waals surface area (Å²) in [4.78, 5) is 17.6. The van der Waals surface area contributed by atoms with Gasteiger partial charge in [-0.15, -0.1) is 0 Å². The summed E-state index contributed by atoms with van der Waals surface area (Å²) < 4.78 is 11.2. The van der Waals surface area contributed by atoms with E-state index < -0.39 is 6.23 Å². The molecular formula is C27H31N3O4. The van der Waals surface area contributed by atoms with Gasteiger partial charge in [-0.05, 0) is 74.8 Å². The SMILES string of the molecule is CCOC(=O)C1CCN(CCOc2ccc3[nH]c(C4=Cc5ccccc5NC4O)cc3c2)CC1. The molecule has 3 heterocycles. The number of esters is 1. The molecule has 7 nitrogen and oxygen atoms in total. The first-order valence-electron chi connectivity index (χ1n) is 12.0. The minimum Gasteiger partial charge on any atom is -0.492 e. The third-order valence-corrected chi connectivity index (χ3v) is 6.65. The van der Waals surface area contributed by atoms with Crippen molar-refractivity contribution in [3.05, 3.63) is 59.8 Å². The minimum atomic E-state index is -0.772. The third kappa shape index (κ3) is 4.81. The first-order valence-corrected chi connectivity index (χ1v) is 12.0. The molecule has 0 bridgehead atoms. The molecule has 0 saturated carbocycles. The predicted octanol–water partition coefficient (Wildman–Crippen LogP) is 4.11. The van der Waals surface area contributed by atoms with Crippen LogP contribution in [0.25, 0.3) is 22.6 Å². The Morgan fingerprint density at radius 3 is 2.79 bits per heavy atom. The number of benzene rings is 2. The molecule has 5 rings (SSSR count). The van der Waals surface area contributed by atoms with Crippen molar-refractivity contribution in [3.63, 3.8) is 0 Å². The molecule has 1 fully saturated rings. The normalized spacial score (nSPS) is 18.8. The Morgan fingerprint density at radius 1 is 1.15 bits per heavy atom. The monoisotopic (exact) mass is 461 g/mol. The zero-order valence-corrected chi connectivity index (χ0v) is 19.4. The number of carbonyl (C=O) groups is 1. The number of likely N-dealkylation sites (tertiary alicyclic amines) is 1. The van der Waals surface area contributed by atoms with Gasteiger partial charge in [0.25, 0.3) is 0 Å². The second kappa shape index (κ2) is 9.91. The molecule has 0 spiro atoms. The molecule has 1 aromatic heterocycles. The van der Waals surface area contributed by atoms with Crippen LogP contribution in [0.2, 0.25) is 0 Å². The molecule has 0 aliphatic carbocycles. The molecule has 178 valence electrons. The number of H-pyrrole nitrogens is 1. The highest BCUT2D eigenvalue weighted by atomic mass is 16.5. The maximum absolute atomic E-state index is 11.9. The highest BCUT2D eigenvalue weighted by Crippen LogP contribution is 2.33.